The molecule has 1 amide bonds. The van der Waals surface area contributed by atoms with Gasteiger partial charge in [0.15, 0.2) is 16.9 Å². The van der Waals surface area contributed by atoms with Crippen LogP contribution in [0.1, 0.15) is 23.0 Å². The number of nitrogens with one attached hydrogen (secondary N) is 1. The number of esters is 1. The van der Waals surface area contributed by atoms with Crippen LogP contribution < -0.4 is 10.2 Å². The third-order valence-corrected chi connectivity index (χ3v) is 6.14. The highest BCUT2D eigenvalue weighted by molar-refractivity contribution is 7.13. The maximum absolute atomic E-state index is 12.8. The van der Waals surface area contributed by atoms with Gasteiger partial charge in [-0.2, -0.15) is 0 Å². The number of hydrogen-bond donors (Lipinski definition) is 1. The van der Waals surface area contributed by atoms with Gasteiger partial charge in [0.05, 0.1) is 0 Å². The van der Waals surface area contributed by atoms with Gasteiger partial charge < -0.3 is 19.9 Å². The van der Waals surface area contributed by atoms with Gasteiger partial charge in [-0.15, -0.1) is 11.3 Å². The first-order chi connectivity index (χ1) is 15.6. The topological polar surface area (TPSA) is 74.8 Å². The fraction of sp³-hybridized carbons (Fsp3) is 0.292. The number of carbonyl (C=O) groups excluding carboxylic acids is 2. The van der Waals surface area contributed by atoms with Gasteiger partial charge in [-0.3, -0.25) is 4.79 Å². The summed E-state index contributed by atoms with van der Waals surface area (Å²) < 4.78 is 5.41. The van der Waals surface area contributed by atoms with Crippen molar-refractivity contribution in [2.45, 2.75) is 19.6 Å². The van der Waals surface area contributed by atoms with Crippen LogP contribution in [0.4, 0.5) is 10.8 Å². The lowest BCUT2D eigenvalue weighted by atomic mass is 10.2. The zero-order valence-electron chi connectivity index (χ0n) is 17.9. The number of carbonyl (C=O) groups is 2. The highest BCUT2D eigenvalue weighted by atomic mass is 32.1. The van der Waals surface area contributed by atoms with Crippen molar-refractivity contribution in [2.24, 2.45) is 0 Å². The molecular formula is C24H26N4O3S. The summed E-state index contributed by atoms with van der Waals surface area (Å²) in [7, 11) is 0. The van der Waals surface area contributed by atoms with Crippen molar-refractivity contribution in [1.82, 2.24) is 9.88 Å². The number of rotatable bonds is 7. The normalized spacial score (nSPS) is 14.7. The Morgan fingerprint density at radius 2 is 1.69 bits per heavy atom. The maximum Gasteiger partial charge on any atom is 0.358 e. The summed E-state index contributed by atoms with van der Waals surface area (Å²) in [5.41, 5.74) is 2.48. The predicted octanol–water partition coefficient (Wildman–Crippen LogP) is 3.65. The molecule has 8 heteroatoms. The Bertz CT molecular complexity index is 1030. The number of aromatic nitrogens is 1. The monoisotopic (exact) mass is 450 g/mol. The Labute approximate surface area is 191 Å². The summed E-state index contributed by atoms with van der Waals surface area (Å²) in [6.45, 7) is 4.93. The molecule has 0 radical (unpaired) electrons. The van der Waals surface area contributed by atoms with Crippen LogP contribution in [0.3, 0.4) is 0 Å². The molecule has 0 bridgehead atoms. The third-order valence-electron chi connectivity index (χ3n) is 5.34. The lowest BCUT2D eigenvalue weighted by Crippen LogP contribution is -2.51. The van der Waals surface area contributed by atoms with Gasteiger partial charge in [-0.1, -0.05) is 48.5 Å². The first-order valence-corrected chi connectivity index (χ1v) is 11.5. The molecule has 1 fully saturated rings. The molecule has 1 aromatic heterocycles. The molecule has 1 aliphatic rings. The predicted molar refractivity (Wildman–Crippen MR) is 126 cm³/mol. The van der Waals surface area contributed by atoms with Gasteiger partial charge in [0.2, 0.25) is 0 Å². The number of thiazole rings is 1. The molecule has 0 spiro atoms. The number of piperazine rings is 1. The van der Waals surface area contributed by atoms with Gasteiger partial charge in [0.25, 0.3) is 5.91 Å². The van der Waals surface area contributed by atoms with E-state index in [4.69, 9.17) is 4.74 Å². The Kier molecular flexibility index (Phi) is 7.01. The van der Waals surface area contributed by atoms with Crippen molar-refractivity contribution in [3.63, 3.8) is 0 Å². The van der Waals surface area contributed by atoms with Crippen LogP contribution >= 0.6 is 11.3 Å². The summed E-state index contributed by atoms with van der Waals surface area (Å²) in [5.74, 6) is -0.763. The molecule has 32 heavy (non-hydrogen) atoms. The van der Waals surface area contributed by atoms with Crippen molar-refractivity contribution < 1.29 is 14.3 Å². The van der Waals surface area contributed by atoms with E-state index in [1.165, 1.54) is 11.3 Å². The van der Waals surface area contributed by atoms with E-state index in [1.807, 2.05) is 48.5 Å². The van der Waals surface area contributed by atoms with Crippen molar-refractivity contribution in [3.8, 4) is 0 Å². The number of nitrogens with zero attached hydrogens (tertiary/aromatic N) is 3. The van der Waals surface area contributed by atoms with E-state index in [-0.39, 0.29) is 11.6 Å². The molecule has 0 saturated carbocycles. The average Bonchev–Trinajstić information content (AvgIpc) is 3.33. The van der Waals surface area contributed by atoms with E-state index in [1.54, 1.807) is 17.2 Å². The third kappa shape index (κ3) is 5.45. The molecule has 3 aromatic rings. The number of hydrogen-bond acceptors (Lipinski definition) is 7. The largest absolute Gasteiger partial charge is 0.448 e. The number of benzene rings is 2. The van der Waals surface area contributed by atoms with Crippen LogP contribution in [0.2, 0.25) is 0 Å². The lowest BCUT2D eigenvalue weighted by Gasteiger charge is -2.37. The molecule has 4 rings (SSSR count). The minimum atomic E-state index is -0.854. The molecule has 1 aliphatic heterocycles. The molecule has 1 atom stereocenters. The first kappa shape index (κ1) is 21.8. The smallest absolute Gasteiger partial charge is 0.358 e. The Hall–Kier alpha value is -3.39. The molecule has 7 nitrogen and oxygen atoms in total. The Morgan fingerprint density at radius 1 is 1.03 bits per heavy atom. The van der Waals surface area contributed by atoms with Crippen LogP contribution in [0.5, 0.6) is 0 Å². The van der Waals surface area contributed by atoms with E-state index in [9.17, 15) is 9.59 Å². The second kappa shape index (κ2) is 10.3. The summed E-state index contributed by atoms with van der Waals surface area (Å²) >= 11 is 1.33. The number of amides is 1. The number of anilines is 2. The molecule has 0 aliphatic carbocycles. The molecule has 1 N–H and O–H groups in total. The number of ether oxygens (including phenoxy) is 1. The Balaban J connectivity index is 1.25. The van der Waals surface area contributed by atoms with Crippen LogP contribution in [-0.2, 0) is 16.1 Å². The van der Waals surface area contributed by atoms with Gasteiger partial charge in [-0.05, 0) is 24.6 Å². The molecule has 1 saturated heterocycles. The van der Waals surface area contributed by atoms with E-state index in [0.29, 0.717) is 24.8 Å². The second-order valence-electron chi connectivity index (χ2n) is 7.57. The molecule has 2 heterocycles. The van der Waals surface area contributed by atoms with Gasteiger partial charge in [-0.25, -0.2) is 9.78 Å². The molecular weight excluding hydrogens is 424 g/mol. The zero-order valence-corrected chi connectivity index (χ0v) is 18.8. The highest BCUT2D eigenvalue weighted by Crippen LogP contribution is 2.19. The number of para-hydroxylation sites is 1. The minimum absolute atomic E-state index is 0.177. The Morgan fingerprint density at radius 3 is 2.38 bits per heavy atom. The summed E-state index contributed by atoms with van der Waals surface area (Å²) in [6.07, 6.45) is -0.854. The summed E-state index contributed by atoms with van der Waals surface area (Å²) in [5, 5.41) is 5.48. The standard InChI is InChI=1S/C24H26N4O3S/c1-18(22(29)28-14-12-27(13-15-28)20-10-6-3-7-11-20)31-23(30)21-17-32-24(26-21)25-16-19-8-4-2-5-9-19/h2-11,17-18H,12-16H2,1H3,(H,25,26)/t18-/m1/s1. The van der Waals surface area contributed by atoms with Crippen molar-refractivity contribution >= 4 is 34.0 Å². The van der Waals surface area contributed by atoms with E-state index >= 15 is 0 Å². The second-order valence-corrected chi connectivity index (χ2v) is 8.43. The van der Waals surface area contributed by atoms with Crippen LogP contribution in [-0.4, -0.2) is 54.0 Å². The summed E-state index contributed by atoms with van der Waals surface area (Å²) in [6, 6.07) is 20.1. The molecule has 0 unspecified atom stereocenters. The summed E-state index contributed by atoms with van der Waals surface area (Å²) in [4.78, 5) is 33.6. The first-order valence-electron chi connectivity index (χ1n) is 10.6. The van der Waals surface area contributed by atoms with Gasteiger partial charge >= 0.3 is 5.97 Å². The lowest BCUT2D eigenvalue weighted by molar-refractivity contribution is -0.140. The van der Waals surface area contributed by atoms with Crippen LogP contribution in [0.15, 0.2) is 66.0 Å². The molecule has 166 valence electrons. The zero-order chi connectivity index (χ0) is 22.3. The highest BCUT2D eigenvalue weighted by Gasteiger charge is 2.28. The minimum Gasteiger partial charge on any atom is -0.448 e. The van der Waals surface area contributed by atoms with Gasteiger partial charge in [0, 0.05) is 43.8 Å². The van der Waals surface area contributed by atoms with E-state index in [2.05, 4.69) is 27.3 Å². The van der Waals surface area contributed by atoms with Crippen molar-refractivity contribution in [1.29, 1.82) is 0 Å². The van der Waals surface area contributed by atoms with E-state index < -0.39 is 12.1 Å². The molecule has 2 aromatic carbocycles. The van der Waals surface area contributed by atoms with Crippen molar-refractivity contribution in [2.75, 3.05) is 36.4 Å². The maximum atomic E-state index is 12.8. The SMILES string of the molecule is C[C@@H](OC(=O)c1csc(NCc2ccccc2)n1)C(=O)N1CCN(c2ccccc2)CC1. The van der Waals surface area contributed by atoms with Crippen LogP contribution in [0.25, 0.3) is 0 Å². The van der Waals surface area contributed by atoms with E-state index in [0.717, 1.165) is 24.3 Å². The van der Waals surface area contributed by atoms with Gasteiger partial charge in [0.1, 0.15) is 0 Å². The average molecular weight is 451 g/mol. The quantitative estimate of drug-likeness (QED) is 0.554. The van der Waals surface area contributed by atoms with Crippen molar-refractivity contribution in [3.05, 3.63) is 77.3 Å². The fourth-order valence-electron chi connectivity index (χ4n) is 3.57. The fourth-order valence-corrected chi connectivity index (χ4v) is 4.25. The van der Waals surface area contributed by atoms with Crippen LogP contribution in [0, 0.1) is 0 Å².